The van der Waals surface area contributed by atoms with E-state index in [-0.39, 0.29) is 15.6 Å². The highest BCUT2D eigenvalue weighted by atomic mass is 32.2. The van der Waals surface area contributed by atoms with Gasteiger partial charge in [0.15, 0.2) is 5.78 Å². The summed E-state index contributed by atoms with van der Waals surface area (Å²) in [5, 5.41) is 0. The molecule has 1 aliphatic heterocycles. The molecule has 1 fully saturated rings. The van der Waals surface area contributed by atoms with E-state index in [0.29, 0.717) is 48.8 Å². The van der Waals surface area contributed by atoms with Crippen LogP contribution in [0, 0.1) is 0 Å². The minimum atomic E-state index is -3.54. The molecule has 0 N–H and O–H groups in total. The third-order valence-electron chi connectivity index (χ3n) is 6.35. The van der Waals surface area contributed by atoms with Gasteiger partial charge in [0.05, 0.1) is 9.79 Å². The van der Waals surface area contributed by atoms with Gasteiger partial charge in [0.1, 0.15) is 11.5 Å². The molecule has 37 heavy (non-hydrogen) atoms. The molecule has 0 amide bonds. The highest BCUT2D eigenvalue weighted by molar-refractivity contribution is 7.89. The predicted octanol–water partition coefficient (Wildman–Crippen LogP) is 4.66. The molecule has 1 aliphatic rings. The number of hydrogen-bond donors (Lipinski definition) is 0. The molecule has 0 unspecified atom stereocenters. The van der Waals surface area contributed by atoms with Gasteiger partial charge in [0, 0.05) is 37.3 Å². The van der Waals surface area contributed by atoms with Crippen LogP contribution < -0.4 is 0 Å². The van der Waals surface area contributed by atoms with Crippen molar-refractivity contribution in [2.24, 2.45) is 0 Å². The molecule has 3 aromatic rings. The van der Waals surface area contributed by atoms with Crippen molar-refractivity contribution < 1.29 is 26.0 Å². The molecule has 1 aromatic heterocycles. The first-order valence-electron chi connectivity index (χ1n) is 12.2. The van der Waals surface area contributed by atoms with Crippen molar-refractivity contribution in [3.05, 3.63) is 78.1 Å². The van der Waals surface area contributed by atoms with E-state index in [2.05, 4.69) is 0 Å². The fraction of sp³-hybridized carbons (Fsp3) is 0.296. The van der Waals surface area contributed by atoms with Gasteiger partial charge in [-0.05, 0) is 85.7 Å². The summed E-state index contributed by atoms with van der Waals surface area (Å²) >= 11 is 0. The largest absolute Gasteiger partial charge is 0.457 e. The van der Waals surface area contributed by atoms with Crippen LogP contribution in [0.15, 0.2) is 80.9 Å². The molecule has 2 aromatic carbocycles. The predicted molar refractivity (Wildman–Crippen MR) is 142 cm³/mol. The average Bonchev–Trinajstić information content (AvgIpc) is 3.61. The van der Waals surface area contributed by atoms with Crippen LogP contribution in [0.4, 0.5) is 0 Å². The van der Waals surface area contributed by atoms with Crippen LogP contribution in [0.2, 0.25) is 0 Å². The van der Waals surface area contributed by atoms with E-state index < -0.39 is 20.0 Å². The lowest BCUT2D eigenvalue weighted by atomic mass is 10.1. The van der Waals surface area contributed by atoms with Crippen molar-refractivity contribution in [2.75, 3.05) is 26.2 Å². The van der Waals surface area contributed by atoms with E-state index in [9.17, 15) is 21.6 Å². The molecule has 8 nitrogen and oxygen atoms in total. The van der Waals surface area contributed by atoms with E-state index in [1.165, 1.54) is 39.0 Å². The average molecular weight is 543 g/mol. The first-order valence-corrected chi connectivity index (χ1v) is 15.1. The molecule has 4 rings (SSSR count). The molecule has 0 radical (unpaired) electrons. The summed E-state index contributed by atoms with van der Waals surface area (Å²) in [6.45, 7) is 5.44. The molecule has 0 aliphatic carbocycles. The maximum atomic E-state index is 12.7. The summed E-state index contributed by atoms with van der Waals surface area (Å²) in [7, 11) is -7.06. The van der Waals surface area contributed by atoms with Crippen molar-refractivity contribution in [3.63, 3.8) is 0 Å². The zero-order chi connectivity index (χ0) is 26.6. The smallest absolute Gasteiger partial charge is 0.243 e. The second-order valence-corrected chi connectivity index (χ2v) is 12.5. The Bertz CT molecular complexity index is 1480. The number of benzene rings is 2. The Hall–Kier alpha value is -3.05. The number of rotatable bonds is 10. The van der Waals surface area contributed by atoms with Gasteiger partial charge in [-0.2, -0.15) is 8.61 Å². The van der Waals surface area contributed by atoms with Gasteiger partial charge in [-0.15, -0.1) is 0 Å². The van der Waals surface area contributed by atoms with Gasteiger partial charge in [-0.25, -0.2) is 16.8 Å². The third-order valence-corrected chi connectivity index (χ3v) is 10.3. The summed E-state index contributed by atoms with van der Waals surface area (Å²) in [5.41, 5.74) is 1.08. The van der Waals surface area contributed by atoms with Crippen molar-refractivity contribution in [1.29, 1.82) is 0 Å². The van der Waals surface area contributed by atoms with Crippen LogP contribution in [0.1, 0.15) is 42.8 Å². The van der Waals surface area contributed by atoms with Crippen molar-refractivity contribution in [1.82, 2.24) is 8.61 Å². The number of sulfonamides is 2. The molecular weight excluding hydrogens is 512 g/mol. The van der Waals surface area contributed by atoms with E-state index in [1.54, 1.807) is 56.3 Å². The monoisotopic (exact) mass is 542 g/mol. The molecule has 0 bridgehead atoms. The topological polar surface area (TPSA) is 105 Å². The molecule has 10 heteroatoms. The Morgan fingerprint density at radius 3 is 2.05 bits per heavy atom. The summed E-state index contributed by atoms with van der Waals surface area (Å²) in [5.74, 6) is 0.709. The summed E-state index contributed by atoms with van der Waals surface area (Å²) in [6, 6.07) is 15.9. The summed E-state index contributed by atoms with van der Waals surface area (Å²) in [6.07, 6.45) is 4.63. The molecule has 2 heterocycles. The molecule has 0 spiro atoms. The van der Waals surface area contributed by atoms with Gasteiger partial charge < -0.3 is 4.42 Å². The van der Waals surface area contributed by atoms with Crippen molar-refractivity contribution >= 4 is 31.9 Å². The van der Waals surface area contributed by atoms with Gasteiger partial charge >= 0.3 is 0 Å². The SMILES string of the molecule is CCN(CC)S(=O)(=O)c1ccc(-c2ccc(C=CC(=O)c3ccc(S(=O)(=O)N4CCCC4)cc3)o2)cc1. The Morgan fingerprint density at radius 2 is 1.46 bits per heavy atom. The lowest BCUT2D eigenvalue weighted by Gasteiger charge is -2.18. The second-order valence-electron chi connectivity index (χ2n) is 8.65. The van der Waals surface area contributed by atoms with Crippen LogP contribution in [0.5, 0.6) is 0 Å². The van der Waals surface area contributed by atoms with E-state index in [4.69, 9.17) is 4.42 Å². The van der Waals surface area contributed by atoms with Crippen LogP contribution >= 0.6 is 0 Å². The van der Waals surface area contributed by atoms with E-state index in [1.807, 2.05) is 0 Å². The van der Waals surface area contributed by atoms with Crippen LogP contribution in [0.3, 0.4) is 0 Å². The molecule has 0 saturated carbocycles. The molecule has 1 saturated heterocycles. The number of hydrogen-bond acceptors (Lipinski definition) is 6. The maximum absolute atomic E-state index is 12.7. The number of furan rings is 1. The Kier molecular flexibility index (Phi) is 8.13. The third kappa shape index (κ3) is 5.77. The van der Waals surface area contributed by atoms with E-state index in [0.717, 1.165) is 12.8 Å². The van der Waals surface area contributed by atoms with Crippen molar-refractivity contribution in [2.45, 2.75) is 36.5 Å². The minimum Gasteiger partial charge on any atom is -0.457 e. The zero-order valence-corrected chi connectivity index (χ0v) is 22.5. The molecular formula is C27H30N2O6S2. The highest BCUT2D eigenvalue weighted by Crippen LogP contribution is 2.26. The zero-order valence-electron chi connectivity index (χ0n) is 20.8. The summed E-state index contributed by atoms with van der Waals surface area (Å²) in [4.78, 5) is 13.0. The lowest BCUT2D eigenvalue weighted by molar-refractivity contribution is 0.104. The quantitative estimate of drug-likeness (QED) is 0.273. The minimum absolute atomic E-state index is 0.182. The Balaban J connectivity index is 1.43. The second kappa shape index (κ2) is 11.1. The number of allylic oxidation sites excluding steroid dienone is 1. The Morgan fingerprint density at radius 1 is 0.865 bits per heavy atom. The number of nitrogens with zero attached hydrogens (tertiary/aromatic N) is 2. The molecule has 0 atom stereocenters. The lowest BCUT2D eigenvalue weighted by Crippen LogP contribution is -2.30. The normalized spacial score (nSPS) is 15.1. The van der Waals surface area contributed by atoms with Gasteiger partial charge in [0.25, 0.3) is 0 Å². The Labute approximate surface area is 218 Å². The first kappa shape index (κ1) is 27.0. The number of carbonyl (C=O) groups is 1. The van der Waals surface area contributed by atoms with Crippen molar-refractivity contribution in [3.8, 4) is 11.3 Å². The molecule has 196 valence electrons. The van der Waals surface area contributed by atoms with E-state index >= 15 is 0 Å². The summed E-state index contributed by atoms with van der Waals surface area (Å²) < 4.78 is 59.3. The fourth-order valence-electron chi connectivity index (χ4n) is 4.22. The number of carbonyl (C=O) groups excluding carboxylic acids is 1. The standard InChI is InChI=1S/C27H30N2O6S2/c1-3-28(4-2)36(31,32)24-15-9-22(10-16-24)27-18-12-23(35-27)11-17-26(30)21-7-13-25(14-8-21)37(33,34)29-19-5-6-20-29/h7-18H,3-6,19-20H2,1-2H3. The van der Waals surface area contributed by atoms with Gasteiger partial charge in [-0.1, -0.05) is 13.8 Å². The van der Waals surface area contributed by atoms with Crippen LogP contribution in [0.25, 0.3) is 17.4 Å². The number of ketones is 1. The maximum Gasteiger partial charge on any atom is 0.243 e. The van der Waals surface area contributed by atoms with Gasteiger partial charge in [-0.3, -0.25) is 4.79 Å². The highest BCUT2D eigenvalue weighted by Gasteiger charge is 2.27. The van der Waals surface area contributed by atoms with Gasteiger partial charge in [0.2, 0.25) is 20.0 Å². The fourth-order valence-corrected chi connectivity index (χ4v) is 7.20. The van der Waals surface area contributed by atoms with Crippen LogP contribution in [-0.4, -0.2) is 57.4 Å². The van der Waals surface area contributed by atoms with Crippen LogP contribution in [-0.2, 0) is 20.0 Å². The first-order chi connectivity index (χ1) is 17.7.